The first-order valence-corrected chi connectivity index (χ1v) is 10.4. The topological polar surface area (TPSA) is 79.1 Å². The number of carbonyl (C=O) groups is 2. The number of ether oxygens (including phenoxy) is 3. The molecule has 1 amide bonds. The second-order valence-electron chi connectivity index (χ2n) is 6.47. The summed E-state index contributed by atoms with van der Waals surface area (Å²) in [5, 5.41) is 0. The van der Waals surface area contributed by atoms with Crippen LogP contribution in [-0.4, -0.2) is 43.4 Å². The maximum Gasteiger partial charge on any atom is 0.337 e. The fourth-order valence-corrected chi connectivity index (χ4v) is 4.03. The van der Waals surface area contributed by atoms with Gasteiger partial charge >= 0.3 is 5.97 Å². The van der Waals surface area contributed by atoms with Crippen LogP contribution in [0.25, 0.3) is 10.2 Å². The molecular formula is C22H24N2O5S. The SMILES string of the molecule is CCOCCn1c(=NC(=O)COc2ccccc2C)sc2cc(C(=O)OC)ccc21. The van der Waals surface area contributed by atoms with Crippen LogP contribution in [0.2, 0.25) is 0 Å². The normalized spacial score (nSPS) is 11.6. The fourth-order valence-electron chi connectivity index (χ4n) is 2.92. The monoisotopic (exact) mass is 428 g/mol. The Morgan fingerprint density at radius 3 is 2.70 bits per heavy atom. The largest absolute Gasteiger partial charge is 0.483 e. The molecule has 0 aliphatic carbocycles. The highest BCUT2D eigenvalue weighted by Crippen LogP contribution is 2.20. The van der Waals surface area contributed by atoms with E-state index in [2.05, 4.69) is 4.99 Å². The lowest BCUT2D eigenvalue weighted by Crippen LogP contribution is -2.21. The average molecular weight is 429 g/mol. The van der Waals surface area contributed by atoms with Crippen LogP contribution in [-0.2, 0) is 20.8 Å². The van der Waals surface area contributed by atoms with Crippen molar-refractivity contribution in [2.45, 2.75) is 20.4 Å². The third-order valence-corrected chi connectivity index (χ3v) is 5.47. The maximum atomic E-state index is 12.5. The molecule has 1 aromatic heterocycles. The van der Waals surface area contributed by atoms with Gasteiger partial charge in [-0.15, -0.1) is 0 Å². The van der Waals surface area contributed by atoms with Crippen molar-refractivity contribution in [1.82, 2.24) is 4.57 Å². The Morgan fingerprint density at radius 2 is 1.97 bits per heavy atom. The highest BCUT2D eigenvalue weighted by Gasteiger charge is 2.12. The molecule has 158 valence electrons. The first kappa shape index (κ1) is 21.7. The van der Waals surface area contributed by atoms with Gasteiger partial charge in [0, 0.05) is 13.2 Å². The van der Waals surface area contributed by atoms with Crippen molar-refractivity contribution in [2.75, 3.05) is 26.9 Å². The van der Waals surface area contributed by atoms with Crippen molar-refractivity contribution in [3.8, 4) is 5.75 Å². The molecule has 8 heteroatoms. The molecule has 0 spiro atoms. The Kier molecular flexibility index (Phi) is 7.37. The van der Waals surface area contributed by atoms with Crippen molar-refractivity contribution in [2.24, 2.45) is 4.99 Å². The molecule has 0 fully saturated rings. The summed E-state index contributed by atoms with van der Waals surface area (Å²) < 4.78 is 18.6. The van der Waals surface area contributed by atoms with Gasteiger partial charge in [-0.05, 0) is 43.7 Å². The van der Waals surface area contributed by atoms with Crippen molar-refractivity contribution in [3.05, 3.63) is 58.4 Å². The molecule has 0 unspecified atom stereocenters. The van der Waals surface area contributed by atoms with Gasteiger partial charge in [-0.25, -0.2) is 4.79 Å². The standard InChI is InChI=1S/C22H24N2O5S/c1-4-28-12-11-24-17-10-9-16(21(26)27-3)13-19(17)30-22(24)23-20(25)14-29-18-8-6-5-7-15(18)2/h5-10,13H,4,11-12,14H2,1-3H3. The van der Waals surface area contributed by atoms with Gasteiger partial charge in [0.25, 0.3) is 5.91 Å². The minimum atomic E-state index is -0.410. The van der Waals surface area contributed by atoms with Gasteiger partial charge in [0.2, 0.25) is 0 Å². The number of hydrogen-bond donors (Lipinski definition) is 0. The molecule has 3 rings (SSSR count). The number of fused-ring (bicyclic) bond motifs is 1. The van der Waals surface area contributed by atoms with E-state index in [0.29, 0.717) is 35.9 Å². The zero-order valence-corrected chi connectivity index (χ0v) is 18.0. The van der Waals surface area contributed by atoms with Crippen LogP contribution in [0.4, 0.5) is 0 Å². The minimum Gasteiger partial charge on any atom is -0.483 e. The van der Waals surface area contributed by atoms with Crippen LogP contribution in [0.5, 0.6) is 5.75 Å². The number of carbonyl (C=O) groups excluding carboxylic acids is 2. The highest BCUT2D eigenvalue weighted by atomic mass is 32.1. The number of thiazole rings is 1. The van der Waals surface area contributed by atoms with Crippen LogP contribution >= 0.6 is 11.3 Å². The Hall–Kier alpha value is -2.97. The zero-order valence-electron chi connectivity index (χ0n) is 17.2. The summed E-state index contributed by atoms with van der Waals surface area (Å²) in [6.45, 7) is 5.32. The van der Waals surface area contributed by atoms with E-state index < -0.39 is 5.97 Å². The van der Waals surface area contributed by atoms with Gasteiger partial charge in [0.1, 0.15) is 5.75 Å². The fraction of sp³-hybridized carbons (Fsp3) is 0.318. The summed E-state index contributed by atoms with van der Waals surface area (Å²) in [7, 11) is 1.34. The number of aryl methyl sites for hydroxylation is 1. The zero-order chi connectivity index (χ0) is 21.5. The Labute approximate surface area is 178 Å². The van der Waals surface area contributed by atoms with E-state index in [1.165, 1.54) is 18.4 Å². The molecule has 0 radical (unpaired) electrons. The summed E-state index contributed by atoms with van der Waals surface area (Å²) in [4.78, 5) is 29.1. The molecule has 1 heterocycles. The average Bonchev–Trinajstić information content (AvgIpc) is 3.09. The smallest absolute Gasteiger partial charge is 0.337 e. The Balaban J connectivity index is 1.91. The van der Waals surface area contributed by atoms with Gasteiger partial charge in [0.05, 0.1) is 29.5 Å². The molecule has 30 heavy (non-hydrogen) atoms. The lowest BCUT2D eigenvalue weighted by molar-refractivity contribution is -0.120. The van der Waals surface area contributed by atoms with Crippen LogP contribution in [0.3, 0.4) is 0 Å². The first-order valence-electron chi connectivity index (χ1n) is 9.59. The van der Waals surface area contributed by atoms with E-state index in [1.807, 2.05) is 48.7 Å². The van der Waals surface area contributed by atoms with E-state index in [4.69, 9.17) is 14.2 Å². The molecule has 0 saturated heterocycles. The number of esters is 1. The van der Waals surface area contributed by atoms with Gasteiger partial charge < -0.3 is 18.8 Å². The summed E-state index contributed by atoms with van der Waals surface area (Å²) in [5.41, 5.74) is 2.27. The maximum absolute atomic E-state index is 12.5. The van der Waals surface area contributed by atoms with Crippen molar-refractivity contribution in [1.29, 1.82) is 0 Å². The minimum absolute atomic E-state index is 0.155. The van der Waals surface area contributed by atoms with E-state index in [-0.39, 0.29) is 12.5 Å². The molecule has 0 aliphatic rings. The molecular weight excluding hydrogens is 404 g/mol. The van der Waals surface area contributed by atoms with Crippen molar-refractivity contribution in [3.63, 3.8) is 0 Å². The van der Waals surface area contributed by atoms with Crippen LogP contribution < -0.4 is 9.54 Å². The van der Waals surface area contributed by atoms with E-state index >= 15 is 0 Å². The lowest BCUT2D eigenvalue weighted by Gasteiger charge is -2.07. The summed E-state index contributed by atoms with van der Waals surface area (Å²) in [6.07, 6.45) is 0. The Bertz CT molecular complexity index is 1120. The summed E-state index contributed by atoms with van der Waals surface area (Å²) >= 11 is 1.33. The number of methoxy groups -OCH3 is 1. The summed E-state index contributed by atoms with van der Waals surface area (Å²) in [5.74, 6) is -0.139. The van der Waals surface area contributed by atoms with Crippen LogP contribution in [0.1, 0.15) is 22.8 Å². The third-order valence-electron chi connectivity index (χ3n) is 4.43. The van der Waals surface area contributed by atoms with E-state index in [0.717, 1.165) is 15.8 Å². The quantitative estimate of drug-likeness (QED) is 0.406. The predicted octanol–water partition coefficient (Wildman–Crippen LogP) is 3.34. The first-order chi connectivity index (χ1) is 14.5. The molecule has 0 bridgehead atoms. The molecule has 2 aromatic carbocycles. The van der Waals surface area contributed by atoms with Crippen LogP contribution in [0.15, 0.2) is 47.5 Å². The third kappa shape index (κ3) is 5.14. The van der Waals surface area contributed by atoms with Crippen molar-refractivity contribution >= 4 is 33.4 Å². The number of hydrogen-bond acceptors (Lipinski definition) is 6. The molecule has 0 saturated carbocycles. The number of aromatic nitrogens is 1. The number of rotatable bonds is 8. The molecule has 3 aromatic rings. The summed E-state index contributed by atoms with van der Waals surface area (Å²) in [6, 6.07) is 12.8. The molecule has 7 nitrogen and oxygen atoms in total. The van der Waals surface area contributed by atoms with Crippen LogP contribution in [0, 0.1) is 6.92 Å². The van der Waals surface area contributed by atoms with Gasteiger partial charge in [-0.3, -0.25) is 4.79 Å². The van der Waals surface area contributed by atoms with E-state index in [1.54, 1.807) is 12.1 Å². The lowest BCUT2D eigenvalue weighted by atomic mass is 10.2. The molecule has 0 N–H and O–H groups in total. The van der Waals surface area contributed by atoms with Crippen molar-refractivity contribution < 1.29 is 23.8 Å². The van der Waals surface area contributed by atoms with Gasteiger partial charge in [0.15, 0.2) is 11.4 Å². The number of para-hydroxylation sites is 1. The van der Waals surface area contributed by atoms with Gasteiger partial charge in [-0.1, -0.05) is 29.5 Å². The van der Waals surface area contributed by atoms with E-state index in [9.17, 15) is 9.59 Å². The molecule has 0 aliphatic heterocycles. The highest BCUT2D eigenvalue weighted by molar-refractivity contribution is 7.16. The Morgan fingerprint density at radius 1 is 1.17 bits per heavy atom. The number of benzene rings is 2. The number of nitrogens with zero attached hydrogens (tertiary/aromatic N) is 2. The molecule has 0 atom stereocenters. The predicted molar refractivity (Wildman–Crippen MR) is 115 cm³/mol. The second-order valence-corrected chi connectivity index (χ2v) is 7.48. The number of amides is 1. The second kappa shape index (κ2) is 10.2. The van der Waals surface area contributed by atoms with Gasteiger partial charge in [-0.2, -0.15) is 4.99 Å².